The first kappa shape index (κ1) is 23.1. The number of thioether (sulfide) groups is 1. The molecule has 0 unspecified atom stereocenters. The summed E-state index contributed by atoms with van der Waals surface area (Å²) in [6.07, 6.45) is 3.10. The molecule has 1 aromatic carbocycles. The number of imide groups is 1. The van der Waals surface area contributed by atoms with E-state index in [1.807, 2.05) is 13.8 Å². The lowest BCUT2D eigenvalue weighted by Gasteiger charge is -2.23. The van der Waals surface area contributed by atoms with Crippen LogP contribution in [0.25, 0.3) is 6.08 Å². The maximum absolute atomic E-state index is 12.7. The Morgan fingerprint density at radius 2 is 1.90 bits per heavy atom. The van der Waals surface area contributed by atoms with Crippen molar-refractivity contribution in [3.63, 3.8) is 0 Å². The zero-order chi connectivity index (χ0) is 21.6. The highest BCUT2D eigenvalue weighted by Gasteiger charge is 2.37. The molecule has 0 spiro atoms. The largest absolute Gasteiger partial charge is 0.503 e. The van der Waals surface area contributed by atoms with Gasteiger partial charge in [0.05, 0.1) is 16.5 Å². The van der Waals surface area contributed by atoms with Crippen molar-refractivity contribution in [3.8, 4) is 11.5 Å². The molecule has 1 aliphatic rings. The molecule has 7 nitrogen and oxygen atoms in total. The number of benzene rings is 1. The number of phenolic OH excluding ortho intramolecular Hbond substituents is 1. The molecule has 2 rings (SSSR count). The van der Waals surface area contributed by atoms with E-state index in [0.717, 1.165) is 29.5 Å². The molecule has 9 heteroatoms. The van der Waals surface area contributed by atoms with E-state index in [1.165, 1.54) is 18.2 Å². The average molecular weight is 441 g/mol. The van der Waals surface area contributed by atoms with Gasteiger partial charge >= 0.3 is 0 Å². The summed E-state index contributed by atoms with van der Waals surface area (Å²) in [6.45, 7) is 6.94. The Kier molecular flexibility index (Phi) is 8.40. The van der Waals surface area contributed by atoms with Crippen molar-refractivity contribution in [1.29, 1.82) is 0 Å². The molecule has 29 heavy (non-hydrogen) atoms. The Bertz CT molecular complexity index is 821. The van der Waals surface area contributed by atoms with Crippen LogP contribution in [0.3, 0.4) is 0 Å². The molecule has 1 saturated heterocycles. The summed E-state index contributed by atoms with van der Waals surface area (Å²) in [5.41, 5.74) is 0.506. The number of hydrogen-bond acceptors (Lipinski definition) is 6. The molecule has 0 aromatic heterocycles. The highest BCUT2D eigenvalue weighted by molar-refractivity contribution is 8.18. The van der Waals surface area contributed by atoms with Gasteiger partial charge in [0.2, 0.25) is 5.91 Å². The Balaban J connectivity index is 2.21. The molecule has 3 amide bonds. The molecular formula is C20H25ClN2O5S. The summed E-state index contributed by atoms with van der Waals surface area (Å²) in [7, 11) is 0. The van der Waals surface area contributed by atoms with Crippen molar-refractivity contribution < 1.29 is 24.2 Å². The van der Waals surface area contributed by atoms with Crippen molar-refractivity contribution in [2.45, 2.75) is 33.6 Å². The van der Waals surface area contributed by atoms with Crippen LogP contribution in [0.15, 0.2) is 17.0 Å². The van der Waals surface area contributed by atoms with E-state index in [9.17, 15) is 19.5 Å². The van der Waals surface area contributed by atoms with Gasteiger partial charge in [-0.05, 0) is 55.3 Å². The summed E-state index contributed by atoms with van der Waals surface area (Å²) < 4.78 is 5.33. The van der Waals surface area contributed by atoms with E-state index < -0.39 is 11.1 Å². The number of aromatic hydroxyl groups is 1. The Hall–Kier alpha value is -2.19. The lowest BCUT2D eigenvalue weighted by molar-refractivity contribution is -0.135. The lowest BCUT2D eigenvalue weighted by Crippen LogP contribution is -2.42. The standard InChI is InChI=1S/C20H25ClN2O5S/c1-4-7-22(8-5-2)17(24)12-23-19(26)16(29-20(23)27)11-13-9-14(21)18(25)15(10-13)28-6-3/h9-11,25H,4-8,12H2,1-3H3/b16-11-. The van der Waals surface area contributed by atoms with Crippen LogP contribution in [0.4, 0.5) is 4.79 Å². The van der Waals surface area contributed by atoms with E-state index in [0.29, 0.717) is 25.3 Å². The van der Waals surface area contributed by atoms with Gasteiger partial charge in [-0.15, -0.1) is 0 Å². The third-order valence-electron chi connectivity index (χ3n) is 4.16. The fourth-order valence-corrected chi connectivity index (χ4v) is 3.92. The highest BCUT2D eigenvalue weighted by atomic mass is 35.5. The number of phenols is 1. The number of carbonyl (C=O) groups excluding carboxylic acids is 3. The first-order chi connectivity index (χ1) is 13.8. The topological polar surface area (TPSA) is 87.2 Å². The van der Waals surface area contributed by atoms with Crippen molar-refractivity contribution >= 4 is 46.5 Å². The van der Waals surface area contributed by atoms with Gasteiger partial charge in [-0.25, -0.2) is 0 Å². The first-order valence-corrected chi connectivity index (χ1v) is 10.7. The lowest BCUT2D eigenvalue weighted by atomic mass is 10.2. The van der Waals surface area contributed by atoms with E-state index in [2.05, 4.69) is 0 Å². The summed E-state index contributed by atoms with van der Waals surface area (Å²) in [6, 6.07) is 3.01. The summed E-state index contributed by atoms with van der Waals surface area (Å²) in [4.78, 5) is 40.3. The predicted molar refractivity (Wildman–Crippen MR) is 114 cm³/mol. The van der Waals surface area contributed by atoms with Crippen LogP contribution in [-0.2, 0) is 9.59 Å². The second-order valence-corrected chi connectivity index (χ2v) is 7.83. The maximum Gasteiger partial charge on any atom is 0.294 e. The van der Waals surface area contributed by atoms with Crippen molar-refractivity contribution in [2.24, 2.45) is 0 Å². The van der Waals surface area contributed by atoms with Gasteiger partial charge in [-0.3, -0.25) is 19.3 Å². The SMILES string of the molecule is CCCN(CCC)C(=O)CN1C(=O)S/C(=C\c2cc(Cl)c(O)c(OCC)c2)C1=O. The van der Waals surface area contributed by atoms with Gasteiger partial charge in [0.15, 0.2) is 11.5 Å². The third-order valence-corrected chi connectivity index (χ3v) is 5.35. The van der Waals surface area contributed by atoms with Crippen LogP contribution < -0.4 is 4.74 Å². The zero-order valence-electron chi connectivity index (χ0n) is 16.7. The molecule has 0 radical (unpaired) electrons. The minimum atomic E-state index is -0.525. The molecular weight excluding hydrogens is 416 g/mol. The quantitative estimate of drug-likeness (QED) is 0.581. The molecule has 1 N–H and O–H groups in total. The van der Waals surface area contributed by atoms with E-state index >= 15 is 0 Å². The highest BCUT2D eigenvalue weighted by Crippen LogP contribution is 2.38. The molecule has 0 bridgehead atoms. The average Bonchev–Trinajstić information content (AvgIpc) is 2.93. The van der Waals surface area contributed by atoms with Crippen LogP contribution >= 0.6 is 23.4 Å². The van der Waals surface area contributed by atoms with Crippen molar-refractivity contribution in [2.75, 3.05) is 26.2 Å². The van der Waals surface area contributed by atoms with Gasteiger partial charge in [0.1, 0.15) is 6.54 Å². The second kappa shape index (κ2) is 10.5. The second-order valence-electron chi connectivity index (χ2n) is 6.43. The summed E-state index contributed by atoms with van der Waals surface area (Å²) >= 11 is 6.79. The van der Waals surface area contributed by atoms with Crippen LogP contribution in [0.5, 0.6) is 11.5 Å². The normalized spacial score (nSPS) is 15.3. The smallest absolute Gasteiger partial charge is 0.294 e. The Morgan fingerprint density at radius 1 is 1.24 bits per heavy atom. The number of amides is 3. The fourth-order valence-electron chi connectivity index (χ4n) is 2.87. The van der Waals surface area contributed by atoms with Gasteiger partial charge in [0, 0.05) is 13.1 Å². The van der Waals surface area contributed by atoms with Crippen LogP contribution in [0.1, 0.15) is 39.2 Å². The number of rotatable bonds is 9. The fraction of sp³-hybridized carbons (Fsp3) is 0.450. The molecule has 1 heterocycles. The van der Waals surface area contributed by atoms with Gasteiger partial charge in [-0.2, -0.15) is 0 Å². The molecule has 1 fully saturated rings. The predicted octanol–water partition coefficient (Wildman–Crippen LogP) is 4.13. The molecule has 0 atom stereocenters. The molecule has 1 aliphatic heterocycles. The number of ether oxygens (including phenoxy) is 1. The van der Waals surface area contributed by atoms with Crippen LogP contribution in [0.2, 0.25) is 5.02 Å². The van der Waals surface area contributed by atoms with E-state index in [-0.39, 0.29) is 33.9 Å². The number of hydrogen-bond donors (Lipinski definition) is 1. The first-order valence-electron chi connectivity index (χ1n) is 9.50. The van der Waals surface area contributed by atoms with Crippen LogP contribution in [-0.4, -0.2) is 58.2 Å². The zero-order valence-corrected chi connectivity index (χ0v) is 18.3. The summed E-state index contributed by atoms with van der Waals surface area (Å²) in [5, 5.41) is 9.52. The van der Waals surface area contributed by atoms with E-state index in [4.69, 9.17) is 16.3 Å². The number of halogens is 1. The van der Waals surface area contributed by atoms with Gasteiger partial charge in [0.25, 0.3) is 11.1 Å². The Morgan fingerprint density at radius 3 is 2.48 bits per heavy atom. The minimum absolute atomic E-state index is 0.0754. The minimum Gasteiger partial charge on any atom is -0.503 e. The van der Waals surface area contributed by atoms with Crippen LogP contribution in [0, 0.1) is 0 Å². The molecule has 0 aliphatic carbocycles. The molecule has 0 saturated carbocycles. The summed E-state index contributed by atoms with van der Waals surface area (Å²) in [5.74, 6) is -0.765. The number of nitrogens with zero attached hydrogens (tertiary/aromatic N) is 2. The van der Waals surface area contributed by atoms with Gasteiger partial charge < -0.3 is 14.7 Å². The monoisotopic (exact) mass is 440 g/mol. The number of carbonyl (C=O) groups is 3. The van der Waals surface area contributed by atoms with Crippen molar-refractivity contribution in [3.05, 3.63) is 27.6 Å². The Labute approximate surface area is 179 Å². The third kappa shape index (κ3) is 5.67. The van der Waals surface area contributed by atoms with E-state index in [1.54, 1.807) is 11.8 Å². The molecule has 1 aromatic rings. The van der Waals surface area contributed by atoms with Crippen molar-refractivity contribution in [1.82, 2.24) is 9.80 Å². The van der Waals surface area contributed by atoms with Gasteiger partial charge in [-0.1, -0.05) is 25.4 Å². The molecule has 158 valence electrons. The maximum atomic E-state index is 12.7.